The van der Waals surface area contributed by atoms with Crippen molar-refractivity contribution in [3.63, 3.8) is 0 Å². The van der Waals surface area contributed by atoms with Crippen molar-refractivity contribution >= 4 is 35.8 Å². The van der Waals surface area contributed by atoms with E-state index in [9.17, 15) is 9.18 Å². The molecule has 7 heteroatoms. The Hall–Kier alpha value is -1.38. The Morgan fingerprint density at radius 1 is 1.33 bits per heavy atom. The minimum atomic E-state index is -0.234. The molecule has 0 aromatic heterocycles. The van der Waals surface area contributed by atoms with Gasteiger partial charge < -0.3 is 15.1 Å². The third-order valence-corrected chi connectivity index (χ3v) is 4.74. The molecule has 1 saturated heterocycles. The summed E-state index contributed by atoms with van der Waals surface area (Å²) in [5.74, 6) is 0.719. The van der Waals surface area contributed by atoms with E-state index in [1.807, 2.05) is 23.8 Å². The van der Waals surface area contributed by atoms with Gasteiger partial charge in [0, 0.05) is 39.1 Å². The molecule has 1 aromatic rings. The van der Waals surface area contributed by atoms with Crippen molar-refractivity contribution in [3.8, 4) is 0 Å². The summed E-state index contributed by atoms with van der Waals surface area (Å²) in [6.45, 7) is 6.86. The summed E-state index contributed by atoms with van der Waals surface area (Å²) in [5.41, 5.74) is 1.01. The molecule has 5 nitrogen and oxygen atoms in total. The van der Waals surface area contributed by atoms with Crippen LogP contribution in [0, 0.1) is 5.82 Å². The zero-order valence-corrected chi connectivity index (χ0v) is 18.9. The lowest BCUT2D eigenvalue weighted by molar-refractivity contribution is -0.134. The maximum atomic E-state index is 13.0. The molecule has 1 aromatic carbocycles. The standard InChI is InChI=1S/C20H31FN4O.HI/c1-4-22-20(24(3)15-17-8-10-18(21)11-9-17)23-13-12-19(26)25-14-6-5-7-16(25)2;/h8-11,16H,4-7,12-15H2,1-3H3,(H,22,23);1H. The first kappa shape index (κ1) is 23.7. The van der Waals surface area contributed by atoms with Crippen molar-refractivity contribution in [2.24, 2.45) is 4.99 Å². The van der Waals surface area contributed by atoms with E-state index in [0.717, 1.165) is 37.5 Å². The van der Waals surface area contributed by atoms with Gasteiger partial charge in [0.25, 0.3) is 0 Å². The highest BCUT2D eigenvalue weighted by Gasteiger charge is 2.22. The first-order chi connectivity index (χ1) is 12.5. The Balaban J connectivity index is 0.00000364. The number of amides is 1. The molecule has 1 aliphatic rings. The number of guanidine groups is 1. The van der Waals surface area contributed by atoms with E-state index in [0.29, 0.717) is 25.6 Å². The van der Waals surface area contributed by atoms with E-state index in [-0.39, 0.29) is 35.7 Å². The summed E-state index contributed by atoms with van der Waals surface area (Å²) >= 11 is 0. The summed E-state index contributed by atoms with van der Waals surface area (Å²) in [7, 11) is 1.94. The predicted octanol–water partition coefficient (Wildman–Crippen LogP) is 3.63. The number of aliphatic imine (C=N–C) groups is 1. The summed E-state index contributed by atoms with van der Waals surface area (Å²) in [5, 5.41) is 3.25. The van der Waals surface area contributed by atoms with Crippen LogP contribution in [0.2, 0.25) is 0 Å². The van der Waals surface area contributed by atoms with Crippen LogP contribution in [0.25, 0.3) is 0 Å². The van der Waals surface area contributed by atoms with Gasteiger partial charge in [-0.15, -0.1) is 24.0 Å². The molecule has 1 fully saturated rings. The molecule has 0 saturated carbocycles. The van der Waals surface area contributed by atoms with E-state index in [1.54, 1.807) is 12.1 Å². The van der Waals surface area contributed by atoms with Gasteiger partial charge >= 0.3 is 0 Å². The second kappa shape index (κ2) is 12.2. The molecule has 1 heterocycles. The first-order valence-corrected chi connectivity index (χ1v) is 9.54. The van der Waals surface area contributed by atoms with Gasteiger partial charge in [0.05, 0.1) is 6.54 Å². The number of halogens is 2. The molecule has 0 radical (unpaired) electrons. The predicted molar refractivity (Wildman–Crippen MR) is 119 cm³/mol. The van der Waals surface area contributed by atoms with Crippen molar-refractivity contribution in [3.05, 3.63) is 35.6 Å². The second-order valence-corrected chi connectivity index (χ2v) is 6.90. The number of likely N-dealkylation sites (tertiary alicyclic amines) is 1. The molecule has 1 atom stereocenters. The Bertz CT molecular complexity index is 609. The fraction of sp³-hybridized carbons (Fsp3) is 0.600. The smallest absolute Gasteiger partial charge is 0.224 e. The SMILES string of the molecule is CCNC(=NCCC(=O)N1CCCCC1C)N(C)Cc1ccc(F)cc1.I. The lowest BCUT2D eigenvalue weighted by Gasteiger charge is -2.33. The summed E-state index contributed by atoms with van der Waals surface area (Å²) in [6, 6.07) is 6.82. The molecule has 27 heavy (non-hydrogen) atoms. The maximum absolute atomic E-state index is 13.0. The number of carbonyl (C=O) groups is 1. The average molecular weight is 490 g/mol. The Morgan fingerprint density at radius 2 is 2.04 bits per heavy atom. The third-order valence-electron chi connectivity index (χ3n) is 4.74. The van der Waals surface area contributed by atoms with Crippen LogP contribution in [0.4, 0.5) is 4.39 Å². The quantitative estimate of drug-likeness (QED) is 0.377. The summed E-state index contributed by atoms with van der Waals surface area (Å²) < 4.78 is 13.0. The fourth-order valence-electron chi connectivity index (χ4n) is 3.28. The summed E-state index contributed by atoms with van der Waals surface area (Å²) in [6.07, 6.45) is 3.84. The van der Waals surface area contributed by atoms with Gasteiger partial charge in [-0.3, -0.25) is 9.79 Å². The average Bonchev–Trinajstić information content (AvgIpc) is 2.63. The lowest BCUT2D eigenvalue weighted by atomic mass is 10.0. The second-order valence-electron chi connectivity index (χ2n) is 6.90. The zero-order chi connectivity index (χ0) is 18.9. The maximum Gasteiger partial charge on any atom is 0.224 e. The van der Waals surface area contributed by atoms with E-state index < -0.39 is 0 Å². The molecule has 1 N–H and O–H groups in total. The van der Waals surface area contributed by atoms with Gasteiger partial charge in [0.15, 0.2) is 5.96 Å². The van der Waals surface area contributed by atoms with Gasteiger partial charge in [-0.25, -0.2) is 4.39 Å². The van der Waals surface area contributed by atoms with Crippen molar-refractivity contribution in [1.29, 1.82) is 0 Å². The van der Waals surface area contributed by atoms with E-state index in [1.165, 1.54) is 18.6 Å². The fourth-order valence-corrected chi connectivity index (χ4v) is 3.28. The zero-order valence-electron chi connectivity index (χ0n) is 16.6. The highest BCUT2D eigenvalue weighted by atomic mass is 127. The van der Waals surface area contributed by atoms with Crippen molar-refractivity contribution < 1.29 is 9.18 Å². The van der Waals surface area contributed by atoms with Crippen molar-refractivity contribution in [2.75, 3.05) is 26.7 Å². The molecule has 2 rings (SSSR count). The van der Waals surface area contributed by atoms with Crippen LogP contribution in [0.5, 0.6) is 0 Å². The van der Waals surface area contributed by atoms with Crippen LogP contribution >= 0.6 is 24.0 Å². The first-order valence-electron chi connectivity index (χ1n) is 9.54. The third kappa shape index (κ3) is 7.63. The van der Waals surface area contributed by atoms with Crippen LogP contribution < -0.4 is 5.32 Å². The van der Waals surface area contributed by atoms with Gasteiger partial charge in [0.2, 0.25) is 5.91 Å². The van der Waals surface area contributed by atoms with E-state index in [4.69, 9.17) is 0 Å². The van der Waals surface area contributed by atoms with E-state index >= 15 is 0 Å². The molecular formula is C20H32FIN4O. The minimum absolute atomic E-state index is 0. The number of piperidine rings is 1. The molecular weight excluding hydrogens is 458 g/mol. The Kier molecular flexibility index (Phi) is 10.6. The van der Waals surface area contributed by atoms with Gasteiger partial charge in [-0.05, 0) is 50.8 Å². The largest absolute Gasteiger partial charge is 0.357 e. The number of benzene rings is 1. The van der Waals surface area contributed by atoms with Crippen LogP contribution in [-0.2, 0) is 11.3 Å². The number of nitrogens with one attached hydrogen (secondary N) is 1. The highest BCUT2D eigenvalue weighted by molar-refractivity contribution is 14.0. The molecule has 0 spiro atoms. The molecule has 152 valence electrons. The van der Waals surface area contributed by atoms with Crippen LogP contribution in [0.1, 0.15) is 45.1 Å². The molecule has 0 aliphatic carbocycles. The van der Waals surface area contributed by atoms with Crippen LogP contribution in [-0.4, -0.2) is 54.4 Å². The molecule has 1 aliphatic heterocycles. The van der Waals surface area contributed by atoms with Gasteiger partial charge in [0.1, 0.15) is 5.82 Å². The minimum Gasteiger partial charge on any atom is -0.357 e. The normalized spacial score (nSPS) is 17.3. The summed E-state index contributed by atoms with van der Waals surface area (Å²) in [4.78, 5) is 21.0. The van der Waals surface area contributed by atoms with Crippen LogP contribution in [0.15, 0.2) is 29.3 Å². The number of carbonyl (C=O) groups excluding carboxylic acids is 1. The Morgan fingerprint density at radius 3 is 2.67 bits per heavy atom. The number of nitrogens with zero attached hydrogens (tertiary/aromatic N) is 3. The van der Waals surface area contributed by atoms with E-state index in [2.05, 4.69) is 17.2 Å². The highest BCUT2D eigenvalue weighted by Crippen LogP contribution is 2.17. The molecule has 1 amide bonds. The lowest BCUT2D eigenvalue weighted by Crippen LogP contribution is -2.42. The van der Waals surface area contributed by atoms with Gasteiger partial charge in [-0.1, -0.05) is 12.1 Å². The topological polar surface area (TPSA) is 47.9 Å². The number of rotatable bonds is 6. The monoisotopic (exact) mass is 490 g/mol. The Labute approximate surface area is 179 Å². The number of hydrogen-bond acceptors (Lipinski definition) is 2. The number of hydrogen-bond donors (Lipinski definition) is 1. The van der Waals surface area contributed by atoms with Crippen LogP contribution in [0.3, 0.4) is 0 Å². The van der Waals surface area contributed by atoms with Crippen molar-refractivity contribution in [1.82, 2.24) is 15.1 Å². The molecule has 1 unspecified atom stereocenters. The van der Waals surface area contributed by atoms with Gasteiger partial charge in [-0.2, -0.15) is 0 Å². The van der Waals surface area contributed by atoms with Crippen molar-refractivity contribution in [2.45, 2.75) is 52.1 Å². The molecule has 0 bridgehead atoms.